The summed E-state index contributed by atoms with van der Waals surface area (Å²) >= 11 is 0. The van der Waals surface area contributed by atoms with Crippen molar-refractivity contribution in [2.45, 2.75) is 32.7 Å². The van der Waals surface area contributed by atoms with Crippen LogP contribution in [0.4, 0.5) is 8.78 Å². The Morgan fingerprint density at radius 2 is 1.89 bits per heavy atom. The maximum Gasteiger partial charge on any atom is 0.250 e. The van der Waals surface area contributed by atoms with E-state index in [1.54, 1.807) is 27.7 Å². The van der Waals surface area contributed by atoms with Gasteiger partial charge in [0.25, 0.3) is 5.56 Å². The molecule has 0 N–H and O–H groups in total. The van der Waals surface area contributed by atoms with Crippen LogP contribution < -0.4 is 10.3 Å². The minimum absolute atomic E-state index is 0.0797. The zero-order chi connectivity index (χ0) is 19.7. The Bertz CT molecular complexity index is 1030. The summed E-state index contributed by atoms with van der Waals surface area (Å²) in [6, 6.07) is 5.66. The van der Waals surface area contributed by atoms with Gasteiger partial charge >= 0.3 is 0 Å². The van der Waals surface area contributed by atoms with E-state index in [0.717, 1.165) is 19.3 Å². The van der Waals surface area contributed by atoms with Crippen LogP contribution in [0.5, 0.6) is 5.75 Å². The van der Waals surface area contributed by atoms with E-state index in [1.807, 2.05) is 6.92 Å². The molecule has 0 radical (unpaired) electrons. The number of pyridine rings is 1. The Hall–Kier alpha value is -2.96. The predicted octanol–water partition coefficient (Wildman–Crippen LogP) is 4.18. The van der Waals surface area contributed by atoms with Crippen LogP contribution in [0.2, 0.25) is 0 Å². The lowest BCUT2D eigenvalue weighted by Gasteiger charge is -2.09. The summed E-state index contributed by atoms with van der Waals surface area (Å²) in [5.74, 6) is -1.36. The fraction of sp³-hybridized carbons (Fsp3) is 0.333. The third kappa shape index (κ3) is 3.83. The molecule has 4 rings (SSSR count). The van der Waals surface area contributed by atoms with Crippen LogP contribution >= 0.6 is 0 Å². The van der Waals surface area contributed by atoms with E-state index in [1.165, 1.54) is 24.4 Å². The largest absolute Gasteiger partial charge is 0.487 e. The maximum absolute atomic E-state index is 14.3. The summed E-state index contributed by atoms with van der Waals surface area (Å²) < 4.78 is 37.2. The number of benzene rings is 1. The monoisotopic (exact) mass is 385 g/mol. The van der Waals surface area contributed by atoms with E-state index >= 15 is 0 Å². The van der Waals surface area contributed by atoms with Gasteiger partial charge in [-0.1, -0.05) is 6.92 Å². The quantitative estimate of drug-likeness (QED) is 0.613. The normalized spacial score (nSPS) is 13.7. The maximum atomic E-state index is 14.3. The Morgan fingerprint density at radius 1 is 1.14 bits per heavy atom. The van der Waals surface area contributed by atoms with Crippen molar-refractivity contribution in [2.75, 3.05) is 6.61 Å². The number of halogens is 2. The number of ether oxygens (including phenoxy) is 1. The first-order chi connectivity index (χ1) is 13.5. The van der Waals surface area contributed by atoms with Crippen molar-refractivity contribution >= 4 is 0 Å². The predicted molar refractivity (Wildman–Crippen MR) is 102 cm³/mol. The van der Waals surface area contributed by atoms with Crippen LogP contribution in [-0.4, -0.2) is 21.0 Å². The van der Waals surface area contributed by atoms with E-state index in [9.17, 15) is 13.6 Å². The summed E-state index contributed by atoms with van der Waals surface area (Å²) in [6.45, 7) is 2.95. The molecule has 0 saturated heterocycles. The molecular weight excluding hydrogens is 364 g/mol. The zero-order valence-corrected chi connectivity index (χ0v) is 15.6. The first kappa shape index (κ1) is 18.4. The number of hydrogen-bond acceptors (Lipinski definition) is 3. The number of hydrogen-bond donors (Lipinski definition) is 0. The molecule has 5 nitrogen and oxygen atoms in total. The Labute approximate surface area is 161 Å². The highest BCUT2D eigenvalue weighted by atomic mass is 19.1. The van der Waals surface area contributed by atoms with Crippen LogP contribution in [0.1, 0.15) is 26.2 Å². The lowest BCUT2D eigenvalue weighted by atomic mass is 10.1. The SMILES string of the molecule is CCCn1cc(-n2cc(-c3cc(F)c(OCC4CC4)c(F)c3)cn2)ccc1=O. The van der Waals surface area contributed by atoms with Gasteiger partial charge in [-0.25, -0.2) is 13.5 Å². The first-order valence-electron chi connectivity index (χ1n) is 9.43. The van der Waals surface area contributed by atoms with Gasteiger partial charge in [-0.3, -0.25) is 4.79 Å². The van der Waals surface area contributed by atoms with E-state index in [2.05, 4.69) is 5.10 Å². The molecule has 146 valence electrons. The highest BCUT2D eigenvalue weighted by molar-refractivity contribution is 5.63. The summed E-state index contributed by atoms with van der Waals surface area (Å²) in [5.41, 5.74) is 1.57. The standard InChI is InChI=1S/C21H21F2N3O2/c1-2-7-25-12-17(5-6-20(25)27)26-11-16(10-24-26)15-8-18(22)21(19(23)9-15)28-13-14-3-4-14/h5-6,8-12,14H,2-4,7,13H2,1H3. The van der Waals surface area contributed by atoms with Crippen LogP contribution in [0, 0.1) is 17.6 Å². The van der Waals surface area contributed by atoms with Crippen molar-refractivity contribution < 1.29 is 13.5 Å². The van der Waals surface area contributed by atoms with Gasteiger partial charge in [0.2, 0.25) is 0 Å². The van der Waals surface area contributed by atoms with Gasteiger partial charge in [0.1, 0.15) is 0 Å². The second-order valence-corrected chi connectivity index (χ2v) is 7.12. The Balaban J connectivity index is 1.60. The van der Waals surface area contributed by atoms with Crippen LogP contribution in [0.3, 0.4) is 0 Å². The van der Waals surface area contributed by atoms with Gasteiger partial charge in [-0.15, -0.1) is 0 Å². The van der Waals surface area contributed by atoms with E-state index in [0.29, 0.717) is 35.9 Å². The minimum atomic E-state index is -0.722. The molecule has 3 aromatic rings. The van der Waals surface area contributed by atoms with Gasteiger partial charge in [0.05, 0.1) is 18.5 Å². The summed E-state index contributed by atoms with van der Waals surface area (Å²) in [5, 5.41) is 4.27. The second-order valence-electron chi connectivity index (χ2n) is 7.12. The fourth-order valence-electron chi connectivity index (χ4n) is 3.03. The molecule has 0 bridgehead atoms. The number of aryl methyl sites for hydroxylation is 1. The molecule has 2 heterocycles. The molecule has 1 fully saturated rings. The van der Waals surface area contributed by atoms with E-state index < -0.39 is 11.6 Å². The average molecular weight is 385 g/mol. The molecule has 0 spiro atoms. The van der Waals surface area contributed by atoms with Gasteiger partial charge in [-0.2, -0.15) is 5.10 Å². The van der Waals surface area contributed by atoms with Crippen molar-refractivity contribution in [3.05, 3.63) is 64.8 Å². The highest BCUT2D eigenvalue weighted by Crippen LogP contribution is 2.33. The van der Waals surface area contributed by atoms with Gasteiger partial charge in [0.15, 0.2) is 17.4 Å². The third-order valence-electron chi connectivity index (χ3n) is 4.77. The molecule has 1 aliphatic carbocycles. The molecule has 1 saturated carbocycles. The lowest BCUT2D eigenvalue weighted by molar-refractivity contribution is 0.270. The van der Waals surface area contributed by atoms with Crippen molar-refractivity contribution in [1.82, 2.24) is 14.3 Å². The molecule has 0 amide bonds. The molecule has 0 atom stereocenters. The van der Waals surface area contributed by atoms with Gasteiger partial charge in [-0.05, 0) is 48.9 Å². The second kappa shape index (κ2) is 7.58. The summed E-state index contributed by atoms with van der Waals surface area (Å²) in [6.07, 6.45) is 7.86. The molecule has 0 unspecified atom stereocenters. The molecular formula is C21H21F2N3O2. The minimum Gasteiger partial charge on any atom is -0.487 e. The molecule has 7 heteroatoms. The summed E-state index contributed by atoms with van der Waals surface area (Å²) in [4.78, 5) is 11.9. The highest BCUT2D eigenvalue weighted by Gasteiger charge is 2.24. The number of nitrogens with zero attached hydrogens (tertiary/aromatic N) is 3. The Morgan fingerprint density at radius 3 is 2.57 bits per heavy atom. The molecule has 2 aromatic heterocycles. The smallest absolute Gasteiger partial charge is 0.250 e. The Kier molecular flexibility index (Phi) is 4.98. The van der Waals surface area contributed by atoms with Gasteiger partial charge < -0.3 is 9.30 Å². The molecule has 1 aromatic carbocycles. The van der Waals surface area contributed by atoms with Gasteiger partial charge in [0, 0.05) is 30.6 Å². The van der Waals surface area contributed by atoms with Crippen LogP contribution in [-0.2, 0) is 6.54 Å². The van der Waals surface area contributed by atoms with Crippen molar-refractivity contribution in [2.24, 2.45) is 5.92 Å². The first-order valence-corrected chi connectivity index (χ1v) is 9.43. The van der Waals surface area contributed by atoms with Crippen molar-refractivity contribution in [3.63, 3.8) is 0 Å². The fourth-order valence-corrected chi connectivity index (χ4v) is 3.03. The van der Waals surface area contributed by atoms with Crippen molar-refractivity contribution in [1.29, 1.82) is 0 Å². The van der Waals surface area contributed by atoms with Crippen LogP contribution in [0.15, 0.2) is 47.7 Å². The van der Waals surface area contributed by atoms with Crippen LogP contribution in [0.25, 0.3) is 16.8 Å². The molecule has 0 aliphatic heterocycles. The van der Waals surface area contributed by atoms with E-state index in [-0.39, 0.29) is 11.3 Å². The topological polar surface area (TPSA) is 49.0 Å². The lowest BCUT2D eigenvalue weighted by Crippen LogP contribution is -2.19. The third-order valence-corrected chi connectivity index (χ3v) is 4.77. The molecule has 1 aliphatic rings. The van der Waals surface area contributed by atoms with E-state index in [4.69, 9.17) is 4.74 Å². The average Bonchev–Trinajstić information content (AvgIpc) is 3.36. The molecule has 28 heavy (non-hydrogen) atoms. The zero-order valence-electron chi connectivity index (χ0n) is 15.6. The van der Waals surface area contributed by atoms with Crippen molar-refractivity contribution in [3.8, 4) is 22.6 Å². The number of aromatic nitrogens is 3. The number of rotatable bonds is 7. The summed E-state index contributed by atoms with van der Waals surface area (Å²) in [7, 11) is 0.